The van der Waals surface area contributed by atoms with E-state index in [9.17, 15) is 9.59 Å². The van der Waals surface area contributed by atoms with Crippen molar-refractivity contribution in [2.45, 2.75) is 47.1 Å². The van der Waals surface area contributed by atoms with Crippen molar-refractivity contribution in [3.05, 3.63) is 101 Å². The summed E-state index contributed by atoms with van der Waals surface area (Å²) < 4.78 is 4.87. The number of benzene rings is 3. The lowest BCUT2D eigenvalue weighted by Crippen LogP contribution is -2.30. The van der Waals surface area contributed by atoms with Crippen LogP contribution in [0.2, 0.25) is 0 Å². The second-order valence-electron chi connectivity index (χ2n) is 9.65. The molecule has 0 aliphatic rings. The van der Waals surface area contributed by atoms with E-state index in [1.807, 2.05) is 48.5 Å². The summed E-state index contributed by atoms with van der Waals surface area (Å²) in [6.07, 6.45) is 1.92. The first-order valence-corrected chi connectivity index (χ1v) is 11.9. The van der Waals surface area contributed by atoms with Gasteiger partial charge in [-0.3, -0.25) is 4.79 Å². The van der Waals surface area contributed by atoms with E-state index < -0.39 is 0 Å². The number of methoxy groups -OCH3 is 1. The second kappa shape index (κ2) is 11.6. The molecule has 0 spiro atoms. The quantitative estimate of drug-likeness (QED) is 0.335. The Hall–Kier alpha value is -3.40. The zero-order valence-corrected chi connectivity index (χ0v) is 20.9. The summed E-state index contributed by atoms with van der Waals surface area (Å²) >= 11 is 0. The zero-order valence-electron chi connectivity index (χ0n) is 20.9. The van der Waals surface area contributed by atoms with Crippen LogP contribution in [0.15, 0.2) is 72.8 Å². The fourth-order valence-corrected chi connectivity index (χ4v) is 4.11. The molecule has 0 unspecified atom stereocenters. The van der Waals surface area contributed by atoms with Gasteiger partial charge < -0.3 is 9.64 Å². The molecule has 0 saturated carbocycles. The maximum Gasteiger partial charge on any atom is 0.337 e. The molecule has 1 amide bonds. The lowest BCUT2D eigenvalue weighted by atomic mass is 10.0. The molecule has 3 aromatic carbocycles. The first kappa shape index (κ1) is 25.2. The average Bonchev–Trinajstić information content (AvgIpc) is 2.81. The van der Waals surface area contributed by atoms with Gasteiger partial charge in [-0.1, -0.05) is 64.1 Å². The Bertz CT molecular complexity index is 1120. The van der Waals surface area contributed by atoms with Gasteiger partial charge in [-0.05, 0) is 77.8 Å². The van der Waals surface area contributed by atoms with E-state index in [0.717, 1.165) is 24.1 Å². The maximum atomic E-state index is 13.7. The van der Waals surface area contributed by atoms with Crippen LogP contribution in [-0.4, -0.2) is 19.0 Å². The minimum atomic E-state index is -0.389. The first-order valence-electron chi connectivity index (χ1n) is 11.9. The van der Waals surface area contributed by atoms with Crippen LogP contribution in [0.5, 0.6) is 0 Å². The van der Waals surface area contributed by atoms with Gasteiger partial charge in [0.25, 0.3) is 5.91 Å². The van der Waals surface area contributed by atoms with E-state index in [1.54, 1.807) is 17.0 Å². The highest BCUT2D eigenvalue weighted by atomic mass is 16.5. The summed E-state index contributed by atoms with van der Waals surface area (Å²) in [5.74, 6) is 0.620. The molecule has 178 valence electrons. The number of hydrogen-bond donors (Lipinski definition) is 0. The van der Waals surface area contributed by atoms with Crippen LogP contribution in [0.3, 0.4) is 0 Å². The van der Waals surface area contributed by atoms with E-state index in [0.29, 0.717) is 29.5 Å². The lowest BCUT2D eigenvalue weighted by Gasteiger charge is -2.24. The van der Waals surface area contributed by atoms with Gasteiger partial charge in [-0.2, -0.15) is 0 Å². The normalized spacial score (nSPS) is 11.0. The van der Waals surface area contributed by atoms with Gasteiger partial charge in [-0.15, -0.1) is 0 Å². The molecule has 0 atom stereocenters. The molecule has 0 aromatic heterocycles. The molecule has 0 aliphatic carbocycles. The Balaban J connectivity index is 1.97. The third kappa shape index (κ3) is 6.80. The maximum absolute atomic E-state index is 13.7. The Morgan fingerprint density at radius 2 is 1.35 bits per heavy atom. The number of carbonyl (C=O) groups excluding carboxylic acids is 2. The number of ether oxygens (including phenoxy) is 1. The SMILES string of the molecule is COC(=O)c1cccc(CN(C(=O)c2ccc(CC(C)C)cc2)c2cccc(CC(C)C)c2)c1. The summed E-state index contributed by atoms with van der Waals surface area (Å²) in [5, 5.41) is 0. The Kier molecular flexibility index (Phi) is 8.64. The smallest absolute Gasteiger partial charge is 0.337 e. The van der Waals surface area contributed by atoms with Gasteiger partial charge in [0.15, 0.2) is 0 Å². The number of nitrogens with zero attached hydrogens (tertiary/aromatic N) is 1. The number of rotatable bonds is 9. The van der Waals surface area contributed by atoms with Crippen molar-refractivity contribution < 1.29 is 14.3 Å². The third-order valence-electron chi connectivity index (χ3n) is 5.64. The summed E-state index contributed by atoms with van der Waals surface area (Å²) in [5.41, 5.74) is 5.24. The predicted octanol–water partition coefficient (Wildman–Crippen LogP) is 6.72. The molecule has 3 aromatic rings. The van der Waals surface area contributed by atoms with Gasteiger partial charge in [0.05, 0.1) is 19.2 Å². The number of hydrogen-bond acceptors (Lipinski definition) is 3. The number of carbonyl (C=O) groups is 2. The predicted molar refractivity (Wildman–Crippen MR) is 138 cm³/mol. The number of anilines is 1. The minimum Gasteiger partial charge on any atom is -0.465 e. The first-order chi connectivity index (χ1) is 16.3. The van der Waals surface area contributed by atoms with Gasteiger partial charge in [-0.25, -0.2) is 4.79 Å². The highest BCUT2D eigenvalue weighted by Gasteiger charge is 2.20. The van der Waals surface area contributed by atoms with Crippen molar-refractivity contribution in [3.8, 4) is 0 Å². The minimum absolute atomic E-state index is 0.0683. The summed E-state index contributed by atoms with van der Waals surface area (Å²) in [7, 11) is 1.37. The molecule has 0 bridgehead atoms. The number of amides is 1. The number of esters is 1. The van der Waals surface area contributed by atoms with E-state index in [2.05, 4.69) is 39.8 Å². The van der Waals surface area contributed by atoms with Crippen LogP contribution in [0, 0.1) is 11.8 Å². The monoisotopic (exact) mass is 457 g/mol. The lowest BCUT2D eigenvalue weighted by molar-refractivity contribution is 0.0600. The van der Waals surface area contributed by atoms with Gasteiger partial charge >= 0.3 is 5.97 Å². The van der Waals surface area contributed by atoms with Gasteiger partial charge in [0.2, 0.25) is 0 Å². The van der Waals surface area contributed by atoms with Crippen LogP contribution >= 0.6 is 0 Å². The van der Waals surface area contributed by atoms with Crippen LogP contribution in [0.4, 0.5) is 5.69 Å². The molecule has 0 aliphatic heterocycles. The molecule has 0 fully saturated rings. The van der Waals surface area contributed by atoms with E-state index in [4.69, 9.17) is 4.74 Å². The highest BCUT2D eigenvalue weighted by molar-refractivity contribution is 6.06. The van der Waals surface area contributed by atoms with Crippen LogP contribution < -0.4 is 4.90 Å². The molecule has 0 heterocycles. The van der Waals surface area contributed by atoms with Crippen LogP contribution in [-0.2, 0) is 24.1 Å². The van der Waals surface area contributed by atoms with Gasteiger partial charge in [0, 0.05) is 11.3 Å². The molecule has 0 saturated heterocycles. The molecule has 0 radical (unpaired) electrons. The summed E-state index contributed by atoms with van der Waals surface area (Å²) in [6, 6.07) is 23.3. The van der Waals surface area contributed by atoms with Crippen molar-refractivity contribution in [1.82, 2.24) is 0 Å². The van der Waals surface area contributed by atoms with E-state index >= 15 is 0 Å². The topological polar surface area (TPSA) is 46.6 Å². The van der Waals surface area contributed by atoms with Crippen molar-refractivity contribution in [2.24, 2.45) is 11.8 Å². The Labute approximate surface area is 203 Å². The van der Waals surface area contributed by atoms with Gasteiger partial charge in [0.1, 0.15) is 0 Å². The second-order valence-corrected chi connectivity index (χ2v) is 9.65. The Morgan fingerprint density at radius 3 is 2.00 bits per heavy atom. The molecular formula is C30H35NO3. The Morgan fingerprint density at radius 1 is 0.735 bits per heavy atom. The summed E-state index contributed by atoms with van der Waals surface area (Å²) in [6.45, 7) is 9.10. The third-order valence-corrected chi connectivity index (χ3v) is 5.64. The van der Waals surface area contributed by atoms with Crippen molar-refractivity contribution in [1.29, 1.82) is 0 Å². The highest BCUT2D eigenvalue weighted by Crippen LogP contribution is 2.24. The molecule has 4 nitrogen and oxygen atoms in total. The molecular weight excluding hydrogens is 422 g/mol. The fraction of sp³-hybridized carbons (Fsp3) is 0.333. The van der Waals surface area contributed by atoms with Crippen LogP contribution in [0.1, 0.15) is 65.1 Å². The largest absolute Gasteiger partial charge is 0.465 e. The average molecular weight is 458 g/mol. The van der Waals surface area contributed by atoms with Crippen molar-refractivity contribution in [3.63, 3.8) is 0 Å². The van der Waals surface area contributed by atoms with Crippen molar-refractivity contribution in [2.75, 3.05) is 12.0 Å². The summed E-state index contributed by atoms with van der Waals surface area (Å²) in [4.78, 5) is 27.5. The molecule has 34 heavy (non-hydrogen) atoms. The van der Waals surface area contributed by atoms with E-state index in [1.165, 1.54) is 18.2 Å². The van der Waals surface area contributed by atoms with Crippen molar-refractivity contribution >= 4 is 17.6 Å². The van der Waals surface area contributed by atoms with E-state index in [-0.39, 0.29) is 11.9 Å². The van der Waals surface area contributed by atoms with Crippen LogP contribution in [0.25, 0.3) is 0 Å². The zero-order chi connectivity index (χ0) is 24.7. The molecule has 3 rings (SSSR count). The standard InChI is InChI=1S/C30H35NO3/c1-21(2)16-23-12-14-26(15-13-23)29(32)31(28-11-7-8-24(19-28)17-22(3)4)20-25-9-6-10-27(18-25)30(33)34-5/h6-15,18-19,21-22H,16-17,20H2,1-5H3. The fourth-order valence-electron chi connectivity index (χ4n) is 4.11. The molecule has 0 N–H and O–H groups in total. The molecule has 4 heteroatoms.